The van der Waals surface area contributed by atoms with Crippen molar-refractivity contribution in [2.24, 2.45) is 5.92 Å². The van der Waals surface area contributed by atoms with Crippen molar-refractivity contribution in [2.45, 2.75) is 19.1 Å². The van der Waals surface area contributed by atoms with Crippen molar-refractivity contribution in [3.8, 4) is 0 Å². The van der Waals surface area contributed by atoms with Gasteiger partial charge in [0.2, 0.25) is 5.91 Å². The van der Waals surface area contributed by atoms with Crippen LogP contribution in [0, 0.1) is 5.92 Å². The molecule has 4 nitrogen and oxygen atoms in total. The van der Waals surface area contributed by atoms with Crippen molar-refractivity contribution < 1.29 is 14.7 Å². The minimum atomic E-state index is -0.800. The van der Waals surface area contributed by atoms with Crippen LogP contribution in [0.5, 0.6) is 0 Å². The fourth-order valence-electron chi connectivity index (χ4n) is 1.90. The first-order chi connectivity index (χ1) is 7.61. The molecule has 0 saturated carbocycles. The number of β-lactam (4-membered cyclic amide) rings is 1. The monoisotopic (exact) mass is 219 g/mol. The second kappa shape index (κ2) is 4.06. The Morgan fingerprint density at radius 3 is 2.50 bits per heavy atom. The van der Waals surface area contributed by atoms with Crippen LogP contribution < -0.4 is 5.32 Å². The normalized spacial score (nSPS) is 25.5. The highest BCUT2D eigenvalue weighted by molar-refractivity contribution is 6.08. The van der Waals surface area contributed by atoms with Crippen molar-refractivity contribution in [3.63, 3.8) is 0 Å². The van der Waals surface area contributed by atoms with Crippen LogP contribution in [0.4, 0.5) is 0 Å². The number of nitrogens with one attached hydrogen (secondary N) is 1. The van der Waals surface area contributed by atoms with Crippen LogP contribution in [-0.2, 0) is 4.79 Å². The van der Waals surface area contributed by atoms with Gasteiger partial charge in [-0.05, 0) is 6.92 Å². The van der Waals surface area contributed by atoms with Gasteiger partial charge in [0.1, 0.15) is 6.04 Å². The summed E-state index contributed by atoms with van der Waals surface area (Å²) in [5.41, 5.74) is 0.554. The largest absolute Gasteiger partial charge is 0.392 e. The average molecular weight is 219 g/mol. The number of ketones is 1. The number of aliphatic hydroxyl groups excluding tert-OH is 1. The number of carbonyl (C=O) groups excluding carboxylic acids is 2. The minimum absolute atomic E-state index is 0.147. The molecular formula is C12H13NO3. The first-order valence-electron chi connectivity index (χ1n) is 5.19. The zero-order valence-electron chi connectivity index (χ0n) is 8.88. The molecule has 0 aromatic heterocycles. The number of carbonyl (C=O) groups is 2. The summed E-state index contributed by atoms with van der Waals surface area (Å²) in [7, 11) is 0. The van der Waals surface area contributed by atoms with Crippen LogP contribution in [0.1, 0.15) is 17.3 Å². The van der Waals surface area contributed by atoms with E-state index in [-0.39, 0.29) is 11.7 Å². The van der Waals surface area contributed by atoms with Crippen molar-refractivity contribution in [1.29, 1.82) is 0 Å². The van der Waals surface area contributed by atoms with E-state index in [1.165, 1.54) is 6.92 Å². The Bertz CT molecular complexity index is 414. The van der Waals surface area contributed by atoms with Gasteiger partial charge < -0.3 is 10.4 Å². The molecule has 1 fully saturated rings. The number of amides is 1. The smallest absolute Gasteiger partial charge is 0.228 e. The fraction of sp³-hybridized carbons (Fsp3) is 0.333. The standard InChI is InChI=1S/C12H13NO3/c1-7(14)9-10(13-12(9)16)11(15)8-5-3-2-4-6-8/h2-7,9-10,14H,1H3,(H,13,16). The molecule has 0 spiro atoms. The van der Waals surface area contributed by atoms with Gasteiger partial charge in [0, 0.05) is 5.56 Å². The maximum Gasteiger partial charge on any atom is 0.228 e. The first kappa shape index (κ1) is 10.8. The molecule has 3 atom stereocenters. The highest BCUT2D eigenvalue weighted by Gasteiger charge is 2.46. The molecule has 2 N–H and O–H groups in total. The van der Waals surface area contributed by atoms with Crippen molar-refractivity contribution in [2.75, 3.05) is 0 Å². The lowest BCUT2D eigenvalue weighted by molar-refractivity contribution is -0.138. The van der Waals surface area contributed by atoms with E-state index in [2.05, 4.69) is 5.32 Å². The summed E-state index contributed by atoms with van der Waals surface area (Å²) in [6.07, 6.45) is -0.800. The van der Waals surface area contributed by atoms with E-state index in [0.29, 0.717) is 5.56 Å². The van der Waals surface area contributed by atoms with Gasteiger partial charge in [-0.15, -0.1) is 0 Å². The molecule has 16 heavy (non-hydrogen) atoms. The van der Waals surface area contributed by atoms with Crippen molar-refractivity contribution in [3.05, 3.63) is 35.9 Å². The Kier molecular flexibility index (Phi) is 2.75. The van der Waals surface area contributed by atoms with Gasteiger partial charge in [-0.25, -0.2) is 0 Å². The summed E-state index contributed by atoms with van der Waals surface area (Å²) in [5.74, 6) is -1.02. The topological polar surface area (TPSA) is 66.4 Å². The van der Waals surface area contributed by atoms with Crippen molar-refractivity contribution >= 4 is 11.7 Å². The van der Waals surface area contributed by atoms with Gasteiger partial charge in [-0.1, -0.05) is 30.3 Å². The summed E-state index contributed by atoms with van der Waals surface area (Å²) in [4.78, 5) is 23.2. The fourth-order valence-corrected chi connectivity index (χ4v) is 1.90. The number of benzene rings is 1. The number of aliphatic hydroxyl groups is 1. The van der Waals surface area contributed by atoms with Gasteiger partial charge in [0.05, 0.1) is 12.0 Å². The molecule has 1 aromatic rings. The third-order valence-corrected chi connectivity index (χ3v) is 2.82. The van der Waals surface area contributed by atoms with Crippen LogP contribution >= 0.6 is 0 Å². The Morgan fingerprint density at radius 2 is 2.00 bits per heavy atom. The maximum absolute atomic E-state index is 12.0. The number of hydrogen-bond donors (Lipinski definition) is 2. The van der Waals surface area contributed by atoms with Gasteiger partial charge in [0.15, 0.2) is 5.78 Å². The van der Waals surface area contributed by atoms with E-state index >= 15 is 0 Å². The third kappa shape index (κ3) is 1.72. The average Bonchev–Trinajstić information content (AvgIpc) is 2.25. The summed E-state index contributed by atoms with van der Waals surface area (Å²) >= 11 is 0. The molecule has 0 radical (unpaired) electrons. The Hall–Kier alpha value is -1.68. The molecule has 1 amide bonds. The molecule has 0 aliphatic carbocycles. The Labute approximate surface area is 93.3 Å². The lowest BCUT2D eigenvalue weighted by atomic mass is 9.81. The summed E-state index contributed by atoms with van der Waals surface area (Å²) in [6.45, 7) is 1.52. The first-order valence-corrected chi connectivity index (χ1v) is 5.19. The SMILES string of the molecule is CC(O)C1C(=O)NC1C(=O)c1ccccc1. The predicted octanol–water partition coefficient (Wildman–Crippen LogP) is 0.365. The quantitative estimate of drug-likeness (QED) is 0.570. The number of hydrogen-bond acceptors (Lipinski definition) is 3. The van der Waals surface area contributed by atoms with Crippen LogP contribution in [0.3, 0.4) is 0 Å². The molecule has 0 bridgehead atoms. The zero-order chi connectivity index (χ0) is 11.7. The molecule has 1 heterocycles. The zero-order valence-corrected chi connectivity index (χ0v) is 8.88. The Morgan fingerprint density at radius 1 is 1.38 bits per heavy atom. The predicted molar refractivity (Wildman–Crippen MR) is 57.9 cm³/mol. The molecule has 84 valence electrons. The van der Waals surface area contributed by atoms with Gasteiger partial charge in [-0.2, -0.15) is 0 Å². The van der Waals surface area contributed by atoms with Gasteiger partial charge >= 0.3 is 0 Å². The molecule has 1 aliphatic rings. The summed E-state index contributed by atoms with van der Waals surface area (Å²) < 4.78 is 0. The van der Waals surface area contributed by atoms with Crippen LogP contribution in [0.25, 0.3) is 0 Å². The Balaban J connectivity index is 2.16. The molecular weight excluding hydrogens is 206 g/mol. The second-order valence-corrected chi connectivity index (χ2v) is 3.98. The van der Waals surface area contributed by atoms with Crippen LogP contribution in [0.2, 0.25) is 0 Å². The molecule has 1 saturated heterocycles. The second-order valence-electron chi connectivity index (χ2n) is 3.98. The van der Waals surface area contributed by atoms with Crippen molar-refractivity contribution in [1.82, 2.24) is 5.32 Å². The molecule has 4 heteroatoms. The lowest BCUT2D eigenvalue weighted by Gasteiger charge is -2.37. The minimum Gasteiger partial charge on any atom is -0.392 e. The van der Waals surface area contributed by atoms with E-state index in [4.69, 9.17) is 0 Å². The highest BCUT2D eigenvalue weighted by Crippen LogP contribution is 2.22. The summed E-state index contributed by atoms with van der Waals surface area (Å²) in [5, 5.41) is 11.9. The summed E-state index contributed by atoms with van der Waals surface area (Å²) in [6, 6.07) is 8.17. The molecule has 3 unspecified atom stereocenters. The molecule has 1 aliphatic heterocycles. The van der Waals surface area contributed by atoms with Crippen LogP contribution in [0.15, 0.2) is 30.3 Å². The maximum atomic E-state index is 12.0. The van der Waals surface area contributed by atoms with E-state index in [9.17, 15) is 14.7 Å². The van der Waals surface area contributed by atoms with E-state index in [0.717, 1.165) is 0 Å². The van der Waals surface area contributed by atoms with E-state index < -0.39 is 18.1 Å². The number of rotatable bonds is 3. The lowest BCUT2D eigenvalue weighted by Crippen LogP contribution is -2.65. The molecule has 2 rings (SSSR count). The van der Waals surface area contributed by atoms with E-state index in [1.54, 1.807) is 24.3 Å². The molecule has 1 aromatic carbocycles. The third-order valence-electron chi connectivity index (χ3n) is 2.82. The van der Waals surface area contributed by atoms with E-state index in [1.807, 2.05) is 6.07 Å². The van der Waals surface area contributed by atoms with Gasteiger partial charge in [0.25, 0.3) is 0 Å². The van der Waals surface area contributed by atoms with Crippen LogP contribution in [-0.4, -0.2) is 28.9 Å². The van der Waals surface area contributed by atoms with Gasteiger partial charge in [-0.3, -0.25) is 9.59 Å². The number of Topliss-reactive ketones (excluding diaryl/α,β-unsaturated/α-hetero) is 1. The highest BCUT2D eigenvalue weighted by atomic mass is 16.3.